The first kappa shape index (κ1) is 13.5. The molecule has 16 heavy (non-hydrogen) atoms. The molecule has 92 valence electrons. The Bertz CT molecular complexity index is 254. The Morgan fingerprint density at radius 3 is 2.62 bits per heavy atom. The molecule has 0 aliphatic heterocycles. The lowest BCUT2D eigenvalue weighted by molar-refractivity contribution is 0.198. The van der Waals surface area contributed by atoms with E-state index in [4.69, 9.17) is 0 Å². The minimum atomic E-state index is -0.391. The van der Waals surface area contributed by atoms with Crippen molar-refractivity contribution in [3.8, 4) is 6.07 Å². The quantitative estimate of drug-likeness (QED) is 0.718. The van der Waals surface area contributed by atoms with Crippen LogP contribution < -0.4 is 5.32 Å². The number of nitrogens with one attached hydrogen (secondary N) is 1. The van der Waals surface area contributed by atoms with Crippen molar-refractivity contribution in [2.75, 3.05) is 13.6 Å². The molecule has 1 aliphatic rings. The first-order valence-electron chi connectivity index (χ1n) is 6.40. The molecule has 1 rings (SSSR count). The van der Waals surface area contributed by atoms with E-state index in [9.17, 15) is 5.26 Å². The lowest BCUT2D eigenvalue weighted by Gasteiger charge is -2.32. The van der Waals surface area contributed by atoms with Gasteiger partial charge in [-0.1, -0.05) is 13.3 Å². The molecule has 1 aliphatic carbocycles. The van der Waals surface area contributed by atoms with Crippen LogP contribution in [0.25, 0.3) is 0 Å². The molecule has 0 aromatic heterocycles. The average Bonchev–Trinajstić information content (AvgIpc) is 3.01. The molecular weight excluding hydrogens is 198 g/mol. The third kappa shape index (κ3) is 4.11. The molecule has 3 heteroatoms. The van der Waals surface area contributed by atoms with E-state index in [1.807, 2.05) is 6.92 Å². The molecule has 0 bridgehead atoms. The second-order valence-electron chi connectivity index (χ2n) is 5.42. The lowest BCUT2D eigenvalue weighted by atomic mass is 10.0. The van der Waals surface area contributed by atoms with Gasteiger partial charge in [0.1, 0.15) is 5.54 Å². The van der Waals surface area contributed by atoms with Crippen LogP contribution in [0.1, 0.15) is 46.5 Å². The van der Waals surface area contributed by atoms with Crippen molar-refractivity contribution >= 4 is 0 Å². The van der Waals surface area contributed by atoms with E-state index in [0.717, 1.165) is 6.54 Å². The van der Waals surface area contributed by atoms with Crippen molar-refractivity contribution in [3.05, 3.63) is 0 Å². The SMILES string of the molecule is CCCC(C)N(C)CC(C)(C#N)NC1CC1. The van der Waals surface area contributed by atoms with Gasteiger partial charge in [0.15, 0.2) is 0 Å². The molecule has 0 aromatic rings. The maximum Gasteiger partial charge on any atom is 0.116 e. The molecule has 0 radical (unpaired) electrons. The summed E-state index contributed by atoms with van der Waals surface area (Å²) in [5.74, 6) is 0. The minimum Gasteiger partial charge on any atom is -0.301 e. The van der Waals surface area contributed by atoms with Gasteiger partial charge in [0.2, 0.25) is 0 Å². The van der Waals surface area contributed by atoms with Gasteiger partial charge in [0, 0.05) is 18.6 Å². The monoisotopic (exact) mass is 223 g/mol. The van der Waals surface area contributed by atoms with Crippen LogP contribution in [-0.2, 0) is 0 Å². The van der Waals surface area contributed by atoms with E-state index in [0.29, 0.717) is 12.1 Å². The maximum absolute atomic E-state index is 9.28. The minimum absolute atomic E-state index is 0.391. The van der Waals surface area contributed by atoms with E-state index < -0.39 is 5.54 Å². The van der Waals surface area contributed by atoms with Gasteiger partial charge < -0.3 is 4.90 Å². The number of nitrogens with zero attached hydrogens (tertiary/aromatic N) is 2. The first-order chi connectivity index (χ1) is 7.50. The molecule has 2 unspecified atom stereocenters. The van der Waals surface area contributed by atoms with E-state index in [1.165, 1.54) is 25.7 Å². The van der Waals surface area contributed by atoms with E-state index >= 15 is 0 Å². The largest absolute Gasteiger partial charge is 0.301 e. The summed E-state index contributed by atoms with van der Waals surface area (Å²) in [5, 5.41) is 12.7. The Morgan fingerprint density at radius 2 is 2.19 bits per heavy atom. The van der Waals surface area contributed by atoms with Gasteiger partial charge in [0.25, 0.3) is 0 Å². The van der Waals surface area contributed by atoms with Crippen LogP contribution in [0.15, 0.2) is 0 Å². The number of hydrogen-bond acceptors (Lipinski definition) is 3. The van der Waals surface area contributed by atoms with Gasteiger partial charge in [-0.05, 0) is 40.2 Å². The highest BCUT2D eigenvalue weighted by atomic mass is 15.2. The number of hydrogen-bond donors (Lipinski definition) is 1. The van der Waals surface area contributed by atoms with Crippen LogP contribution in [-0.4, -0.2) is 36.1 Å². The van der Waals surface area contributed by atoms with E-state index in [1.54, 1.807) is 0 Å². The summed E-state index contributed by atoms with van der Waals surface area (Å²) >= 11 is 0. The van der Waals surface area contributed by atoms with Crippen LogP contribution >= 0.6 is 0 Å². The summed E-state index contributed by atoms with van der Waals surface area (Å²) in [4.78, 5) is 2.29. The van der Waals surface area contributed by atoms with Crippen LogP contribution in [0.5, 0.6) is 0 Å². The summed E-state index contributed by atoms with van der Waals surface area (Å²) in [7, 11) is 2.12. The average molecular weight is 223 g/mol. The molecule has 1 N–H and O–H groups in total. The molecule has 0 amide bonds. The van der Waals surface area contributed by atoms with Crippen LogP contribution in [0.2, 0.25) is 0 Å². The fourth-order valence-corrected chi connectivity index (χ4v) is 2.08. The standard InChI is InChI=1S/C13H25N3/c1-5-6-11(2)16(4)10-13(3,9-14)15-12-7-8-12/h11-12,15H,5-8,10H2,1-4H3. The van der Waals surface area contributed by atoms with E-state index in [2.05, 4.69) is 37.2 Å². The third-order valence-electron chi connectivity index (χ3n) is 3.37. The smallest absolute Gasteiger partial charge is 0.116 e. The van der Waals surface area contributed by atoms with Crippen molar-refractivity contribution < 1.29 is 0 Å². The molecule has 1 fully saturated rings. The van der Waals surface area contributed by atoms with Gasteiger partial charge in [-0.3, -0.25) is 5.32 Å². The molecule has 0 spiro atoms. The zero-order valence-corrected chi connectivity index (χ0v) is 11.1. The fraction of sp³-hybridized carbons (Fsp3) is 0.923. The van der Waals surface area contributed by atoms with Crippen LogP contribution in [0, 0.1) is 11.3 Å². The Morgan fingerprint density at radius 1 is 1.56 bits per heavy atom. The van der Waals surface area contributed by atoms with Gasteiger partial charge in [-0.25, -0.2) is 0 Å². The Labute approximate surface area is 99.8 Å². The predicted molar refractivity (Wildman–Crippen MR) is 67.2 cm³/mol. The highest BCUT2D eigenvalue weighted by Crippen LogP contribution is 2.23. The predicted octanol–water partition coefficient (Wildman–Crippen LogP) is 2.14. The van der Waals surface area contributed by atoms with Crippen LogP contribution in [0.3, 0.4) is 0 Å². The molecule has 2 atom stereocenters. The van der Waals surface area contributed by atoms with Gasteiger partial charge >= 0.3 is 0 Å². The molecule has 0 heterocycles. The Balaban J connectivity index is 2.44. The van der Waals surface area contributed by atoms with Crippen molar-refractivity contribution in [3.63, 3.8) is 0 Å². The number of rotatable bonds is 7. The second-order valence-corrected chi connectivity index (χ2v) is 5.42. The highest BCUT2D eigenvalue weighted by molar-refractivity contribution is 5.08. The zero-order chi connectivity index (χ0) is 12.2. The molecule has 1 saturated carbocycles. The fourth-order valence-electron chi connectivity index (χ4n) is 2.08. The van der Waals surface area contributed by atoms with Crippen LogP contribution in [0.4, 0.5) is 0 Å². The molecular formula is C13H25N3. The van der Waals surface area contributed by atoms with Crippen molar-refractivity contribution in [2.45, 2.75) is 64.1 Å². The topological polar surface area (TPSA) is 39.1 Å². The summed E-state index contributed by atoms with van der Waals surface area (Å²) in [5.41, 5.74) is -0.391. The molecule has 0 saturated heterocycles. The van der Waals surface area contributed by atoms with Gasteiger partial charge in [0.05, 0.1) is 6.07 Å². The third-order valence-corrected chi connectivity index (χ3v) is 3.37. The normalized spacial score (nSPS) is 21.5. The van der Waals surface area contributed by atoms with Crippen molar-refractivity contribution in [1.82, 2.24) is 10.2 Å². The van der Waals surface area contributed by atoms with Gasteiger partial charge in [-0.15, -0.1) is 0 Å². The second kappa shape index (κ2) is 5.65. The lowest BCUT2D eigenvalue weighted by Crippen LogP contribution is -2.52. The summed E-state index contributed by atoms with van der Waals surface area (Å²) < 4.78 is 0. The van der Waals surface area contributed by atoms with Crippen molar-refractivity contribution in [2.24, 2.45) is 0 Å². The highest BCUT2D eigenvalue weighted by Gasteiger charge is 2.33. The van der Waals surface area contributed by atoms with E-state index in [-0.39, 0.29) is 0 Å². The van der Waals surface area contributed by atoms with Gasteiger partial charge in [-0.2, -0.15) is 5.26 Å². The Kier molecular flexibility index (Phi) is 4.76. The summed E-state index contributed by atoms with van der Waals surface area (Å²) in [6.45, 7) is 7.26. The summed E-state index contributed by atoms with van der Waals surface area (Å²) in [6, 6.07) is 3.56. The summed E-state index contributed by atoms with van der Waals surface area (Å²) in [6.07, 6.45) is 4.85. The Hall–Kier alpha value is -0.590. The molecule has 3 nitrogen and oxygen atoms in total. The van der Waals surface area contributed by atoms with Crippen molar-refractivity contribution in [1.29, 1.82) is 5.26 Å². The maximum atomic E-state index is 9.28. The number of nitriles is 1. The molecule has 0 aromatic carbocycles. The number of likely N-dealkylation sites (N-methyl/N-ethyl adjacent to an activating group) is 1. The first-order valence-corrected chi connectivity index (χ1v) is 6.40. The zero-order valence-electron chi connectivity index (χ0n) is 11.1.